The molecule has 3 heteroatoms. The largest absolute Gasteiger partial charge is 0.257 e. The number of nitrogens with one attached hydrogen (secondary N) is 1. The van der Waals surface area contributed by atoms with Gasteiger partial charge in [-0.15, -0.1) is 0 Å². The molecule has 0 saturated carbocycles. The van der Waals surface area contributed by atoms with Crippen molar-refractivity contribution in [1.29, 1.82) is 0 Å². The second-order valence-electron chi connectivity index (χ2n) is 4.26. The highest BCUT2D eigenvalue weighted by Crippen LogP contribution is 2.16. The normalized spacial score (nSPS) is 12.3. The van der Waals surface area contributed by atoms with E-state index in [2.05, 4.69) is 35.9 Å². The maximum atomic E-state index is 12.7. The van der Waals surface area contributed by atoms with Crippen molar-refractivity contribution in [2.24, 2.45) is 0 Å². The smallest absolute Gasteiger partial charge is 0.123 e. The Bertz CT molecular complexity index is 470. The fourth-order valence-electron chi connectivity index (χ4n) is 1.68. The molecule has 0 aliphatic rings. The SMILES string of the molecule is CC(Cc1ccccc1)NSc1ccc(F)cc1. The highest BCUT2D eigenvalue weighted by atomic mass is 32.2. The first kappa shape index (κ1) is 13.1. The Morgan fingerprint density at radius 3 is 2.39 bits per heavy atom. The first-order valence-corrected chi connectivity index (χ1v) is 6.77. The monoisotopic (exact) mass is 261 g/mol. The molecule has 0 spiro atoms. The highest BCUT2D eigenvalue weighted by Gasteiger charge is 2.03. The molecule has 2 aromatic carbocycles. The number of hydrogen-bond acceptors (Lipinski definition) is 2. The summed E-state index contributed by atoms with van der Waals surface area (Å²) >= 11 is 1.54. The van der Waals surface area contributed by atoms with Gasteiger partial charge in [0.05, 0.1) is 0 Å². The van der Waals surface area contributed by atoms with Crippen LogP contribution in [-0.4, -0.2) is 6.04 Å². The fourth-order valence-corrected chi connectivity index (χ4v) is 2.37. The zero-order valence-corrected chi connectivity index (χ0v) is 11.1. The van der Waals surface area contributed by atoms with E-state index in [0.717, 1.165) is 11.3 Å². The highest BCUT2D eigenvalue weighted by molar-refractivity contribution is 7.97. The molecule has 1 unspecified atom stereocenters. The number of hydrogen-bond donors (Lipinski definition) is 1. The van der Waals surface area contributed by atoms with E-state index in [4.69, 9.17) is 0 Å². The van der Waals surface area contributed by atoms with Crippen molar-refractivity contribution in [3.8, 4) is 0 Å². The minimum atomic E-state index is -0.198. The van der Waals surface area contributed by atoms with E-state index in [-0.39, 0.29) is 5.82 Å². The second kappa shape index (κ2) is 6.57. The standard InChI is InChI=1S/C15H16FNS/c1-12(11-13-5-3-2-4-6-13)17-18-15-9-7-14(16)8-10-15/h2-10,12,17H,11H2,1H3. The van der Waals surface area contributed by atoms with E-state index in [1.165, 1.54) is 29.6 Å². The summed E-state index contributed by atoms with van der Waals surface area (Å²) in [4.78, 5) is 1.02. The van der Waals surface area contributed by atoms with Crippen LogP contribution in [0.1, 0.15) is 12.5 Å². The summed E-state index contributed by atoms with van der Waals surface area (Å²) in [6.45, 7) is 2.14. The lowest BCUT2D eigenvalue weighted by molar-refractivity contribution is 0.626. The minimum absolute atomic E-state index is 0.198. The molecule has 0 amide bonds. The summed E-state index contributed by atoms with van der Waals surface area (Å²) in [5.74, 6) is -0.198. The van der Waals surface area contributed by atoms with Crippen LogP contribution in [0, 0.1) is 5.82 Å². The Morgan fingerprint density at radius 1 is 1.06 bits per heavy atom. The molecule has 0 radical (unpaired) electrons. The lowest BCUT2D eigenvalue weighted by Crippen LogP contribution is -2.21. The van der Waals surface area contributed by atoms with Crippen molar-refractivity contribution in [3.63, 3.8) is 0 Å². The van der Waals surface area contributed by atoms with E-state index in [1.807, 2.05) is 6.07 Å². The van der Waals surface area contributed by atoms with Crippen LogP contribution in [-0.2, 0) is 6.42 Å². The molecule has 2 aromatic rings. The quantitative estimate of drug-likeness (QED) is 0.815. The topological polar surface area (TPSA) is 12.0 Å². The average Bonchev–Trinajstić information content (AvgIpc) is 2.39. The summed E-state index contributed by atoms with van der Waals surface area (Å²) < 4.78 is 16.1. The maximum absolute atomic E-state index is 12.7. The Kier molecular flexibility index (Phi) is 4.79. The lowest BCUT2D eigenvalue weighted by Gasteiger charge is -2.13. The van der Waals surface area contributed by atoms with Crippen molar-refractivity contribution in [2.45, 2.75) is 24.3 Å². The van der Waals surface area contributed by atoms with E-state index in [0.29, 0.717) is 6.04 Å². The van der Waals surface area contributed by atoms with Crippen LogP contribution < -0.4 is 4.72 Å². The molecule has 0 fully saturated rings. The van der Waals surface area contributed by atoms with Gasteiger partial charge < -0.3 is 0 Å². The van der Waals surface area contributed by atoms with Crippen LogP contribution in [0.15, 0.2) is 59.5 Å². The second-order valence-corrected chi connectivity index (χ2v) is 5.18. The Labute approximate surface area is 112 Å². The van der Waals surface area contributed by atoms with Gasteiger partial charge in [-0.2, -0.15) is 0 Å². The number of benzene rings is 2. The molecular weight excluding hydrogens is 245 g/mol. The Hall–Kier alpha value is -1.32. The zero-order valence-electron chi connectivity index (χ0n) is 10.3. The van der Waals surface area contributed by atoms with Crippen LogP contribution in [0.4, 0.5) is 4.39 Å². The third-order valence-corrected chi connectivity index (χ3v) is 3.60. The molecule has 0 saturated heterocycles. The molecular formula is C15H16FNS. The van der Waals surface area contributed by atoms with Gasteiger partial charge in [-0.3, -0.25) is 4.72 Å². The predicted octanol–water partition coefficient (Wildman–Crippen LogP) is 4.05. The molecule has 0 heterocycles. The van der Waals surface area contributed by atoms with Crippen molar-refractivity contribution in [3.05, 3.63) is 66.0 Å². The molecule has 2 rings (SSSR count). The Morgan fingerprint density at radius 2 is 1.72 bits per heavy atom. The molecule has 0 bridgehead atoms. The van der Waals surface area contributed by atoms with Gasteiger partial charge in [-0.25, -0.2) is 4.39 Å². The van der Waals surface area contributed by atoms with Gasteiger partial charge in [0.2, 0.25) is 0 Å². The summed E-state index contributed by atoms with van der Waals surface area (Å²) in [6, 6.07) is 17.3. The molecule has 18 heavy (non-hydrogen) atoms. The van der Waals surface area contributed by atoms with Crippen molar-refractivity contribution in [1.82, 2.24) is 4.72 Å². The first-order chi connectivity index (χ1) is 8.74. The third-order valence-electron chi connectivity index (χ3n) is 2.58. The zero-order chi connectivity index (χ0) is 12.8. The molecule has 1 atom stereocenters. The number of rotatable bonds is 5. The van der Waals surface area contributed by atoms with E-state index in [9.17, 15) is 4.39 Å². The maximum Gasteiger partial charge on any atom is 0.123 e. The van der Waals surface area contributed by atoms with E-state index < -0.39 is 0 Å². The van der Waals surface area contributed by atoms with E-state index in [1.54, 1.807) is 12.1 Å². The average molecular weight is 261 g/mol. The molecule has 94 valence electrons. The summed E-state index contributed by atoms with van der Waals surface area (Å²) in [5.41, 5.74) is 1.32. The summed E-state index contributed by atoms with van der Waals surface area (Å²) in [5, 5.41) is 0. The van der Waals surface area contributed by atoms with Crippen molar-refractivity contribution in [2.75, 3.05) is 0 Å². The van der Waals surface area contributed by atoms with E-state index >= 15 is 0 Å². The van der Waals surface area contributed by atoms with Gasteiger partial charge >= 0.3 is 0 Å². The van der Waals surface area contributed by atoms with Crippen LogP contribution in [0.3, 0.4) is 0 Å². The van der Waals surface area contributed by atoms with Gasteiger partial charge in [0, 0.05) is 10.9 Å². The van der Waals surface area contributed by atoms with Crippen LogP contribution in [0.25, 0.3) is 0 Å². The van der Waals surface area contributed by atoms with Crippen LogP contribution in [0.2, 0.25) is 0 Å². The van der Waals surface area contributed by atoms with Gasteiger partial charge in [0.15, 0.2) is 0 Å². The molecule has 1 N–H and O–H groups in total. The van der Waals surface area contributed by atoms with Crippen LogP contribution in [0.5, 0.6) is 0 Å². The van der Waals surface area contributed by atoms with Gasteiger partial charge in [-0.1, -0.05) is 30.3 Å². The molecule has 0 aromatic heterocycles. The molecule has 0 aliphatic heterocycles. The molecule has 0 aliphatic carbocycles. The lowest BCUT2D eigenvalue weighted by atomic mass is 10.1. The first-order valence-electron chi connectivity index (χ1n) is 5.96. The number of halogens is 1. The summed E-state index contributed by atoms with van der Waals surface area (Å²) in [7, 11) is 0. The summed E-state index contributed by atoms with van der Waals surface area (Å²) in [6.07, 6.45) is 0.981. The predicted molar refractivity (Wildman–Crippen MR) is 75.0 cm³/mol. The Balaban J connectivity index is 1.81. The minimum Gasteiger partial charge on any atom is -0.257 e. The van der Waals surface area contributed by atoms with Gasteiger partial charge in [0.25, 0.3) is 0 Å². The van der Waals surface area contributed by atoms with Crippen molar-refractivity contribution >= 4 is 11.9 Å². The van der Waals surface area contributed by atoms with Crippen LogP contribution >= 0.6 is 11.9 Å². The van der Waals surface area contributed by atoms with Gasteiger partial charge in [0.1, 0.15) is 5.82 Å². The van der Waals surface area contributed by atoms with Gasteiger partial charge in [-0.05, 0) is 55.1 Å². The van der Waals surface area contributed by atoms with Crippen molar-refractivity contribution < 1.29 is 4.39 Å². The fraction of sp³-hybridized carbons (Fsp3) is 0.200. The molecule has 1 nitrogen and oxygen atoms in total. The third kappa shape index (κ3) is 4.17.